The molecule has 0 amide bonds. The van der Waals surface area contributed by atoms with E-state index >= 15 is 0 Å². The van der Waals surface area contributed by atoms with Crippen molar-refractivity contribution in [3.8, 4) is 5.75 Å². The number of fused-ring (bicyclic) bond motifs is 1. The molecule has 1 aliphatic carbocycles. The van der Waals surface area contributed by atoms with Gasteiger partial charge in [0.25, 0.3) is 0 Å². The van der Waals surface area contributed by atoms with Crippen molar-refractivity contribution in [3.05, 3.63) is 53.8 Å². The summed E-state index contributed by atoms with van der Waals surface area (Å²) in [5.74, 6) is 0.934. The van der Waals surface area contributed by atoms with Crippen LogP contribution in [0.4, 0.5) is 15.8 Å². The third kappa shape index (κ3) is 5.54. The molecule has 2 unspecified atom stereocenters. The molecule has 1 saturated carbocycles. The fraction of sp³-hybridized carbons (Fsp3) is 0.567. The molecule has 6 heteroatoms. The highest BCUT2D eigenvalue weighted by Crippen LogP contribution is 2.34. The van der Waals surface area contributed by atoms with E-state index < -0.39 is 0 Å². The number of hydrogen-bond donors (Lipinski definition) is 1. The molecule has 5 rings (SSSR count). The molecule has 36 heavy (non-hydrogen) atoms. The van der Waals surface area contributed by atoms with Crippen molar-refractivity contribution < 1.29 is 13.9 Å². The van der Waals surface area contributed by atoms with Crippen LogP contribution in [0.5, 0.6) is 5.75 Å². The van der Waals surface area contributed by atoms with Crippen molar-refractivity contribution in [1.29, 1.82) is 0 Å². The number of piperazine rings is 1. The second kappa shape index (κ2) is 11.2. The number of ether oxygens (including phenoxy) is 1. The molecule has 0 spiro atoms. The Hall–Kier alpha value is -2.60. The van der Waals surface area contributed by atoms with Gasteiger partial charge in [-0.3, -0.25) is 9.69 Å². The summed E-state index contributed by atoms with van der Waals surface area (Å²) in [4.78, 5) is 18.7. The summed E-state index contributed by atoms with van der Waals surface area (Å²) in [7, 11) is 0. The molecule has 3 aliphatic rings. The van der Waals surface area contributed by atoms with Gasteiger partial charge in [0.2, 0.25) is 0 Å². The lowest BCUT2D eigenvalue weighted by Gasteiger charge is -2.45. The lowest BCUT2D eigenvalue weighted by molar-refractivity contribution is -0.130. The van der Waals surface area contributed by atoms with Gasteiger partial charge in [0, 0.05) is 49.9 Å². The van der Waals surface area contributed by atoms with E-state index in [1.807, 2.05) is 19.9 Å². The molecule has 1 N–H and O–H groups in total. The minimum atomic E-state index is -0.283. The van der Waals surface area contributed by atoms with Crippen LogP contribution < -0.4 is 15.0 Å². The van der Waals surface area contributed by atoms with Crippen molar-refractivity contribution >= 4 is 17.2 Å². The first-order valence-corrected chi connectivity index (χ1v) is 13.8. The van der Waals surface area contributed by atoms with Gasteiger partial charge in [0.15, 0.2) is 5.78 Å². The molecule has 2 fully saturated rings. The predicted octanol–water partition coefficient (Wildman–Crippen LogP) is 5.68. The molecule has 194 valence electrons. The van der Waals surface area contributed by atoms with Gasteiger partial charge in [-0.2, -0.15) is 0 Å². The van der Waals surface area contributed by atoms with Crippen LogP contribution in [0.1, 0.15) is 57.9 Å². The molecule has 2 aliphatic heterocycles. The van der Waals surface area contributed by atoms with Crippen LogP contribution in [0.15, 0.2) is 42.5 Å². The largest absolute Gasteiger partial charge is 0.489 e. The Bertz CT molecular complexity index is 1040. The van der Waals surface area contributed by atoms with E-state index in [0.717, 1.165) is 57.5 Å². The number of ketones is 1. The van der Waals surface area contributed by atoms with E-state index in [4.69, 9.17) is 4.74 Å². The van der Waals surface area contributed by atoms with Gasteiger partial charge < -0.3 is 15.0 Å². The summed E-state index contributed by atoms with van der Waals surface area (Å²) in [6.07, 6.45) is 7.61. The molecule has 2 aromatic carbocycles. The maximum atomic E-state index is 14.0. The Kier molecular flexibility index (Phi) is 7.80. The second-order valence-electron chi connectivity index (χ2n) is 10.9. The number of halogens is 1. The van der Waals surface area contributed by atoms with E-state index in [-0.39, 0.29) is 29.9 Å². The number of nitrogens with zero attached hydrogens (tertiary/aromatic N) is 2. The third-order valence-corrected chi connectivity index (χ3v) is 8.10. The number of benzene rings is 2. The molecule has 1 saturated heterocycles. The van der Waals surface area contributed by atoms with Gasteiger partial charge in [-0.25, -0.2) is 4.39 Å². The molecule has 2 aromatic rings. The van der Waals surface area contributed by atoms with Crippen LogP contribution in [0.25, 0.3) is 0 Å². The Morgan fingerprint density at radius 1 is 1.00 bits per heavy atom. The maximum absolute atomic E-state index is 14.0. The first kappa shape index (κ1) is 25.1. The standard InChI is InChI=1S/C30H40FN3O2/c1-21(2)36-28-20-24(31)13-15-27(28)33-16-18-34(19-17-33)29(30(35)23-9-4-3-5-10-23)26-14-12-22-8-6-7-11-25(22)32-26/h6-8,11,13,15,20-21,23,26,29,32H,3-5,9-10,12,14,16-19H2,1-2H3. The van der Waals surface area contributed by atoms with Crippen LogP contribution >= 0.6 is 0 Å². The first-order chi connectivity index (χ1) is 17.5. The minimum Gasteiger partial charge on any atom is -0.489 e. The second-order valence-corrected chi connectivity index (χ2v) is 10.9. The topological polar surface area (TPSA) is 44.8 Å². The SMILES string of the molecule is CC(C)Oc1cc(F)ccc1N1CCN(C(C(=O)C2CCCCC2)C2CCc3ccccc3N2)CC1. The molecule has 0 bridgehead atoms. The lowest BCUT2D eigenvalue weighted by atomic mass is 9.80. The number of para-hydroxylation sites is 1. The third-order valence-electron chi connectivity index (χ3n) is 8.10. The van der Waals surface area contributed by atoms with Gasteiger partial charge >= 0.3 is 0 Å². The van der Waals surface area contributed by atoms with E-state index in [1.165, 1.54) is 42.6 Å². The maximum Gasteiger partial charge on any atom is 0.155 e. The number of anilines is 2. The molecule has 2 heterocycles. The van der Waals surface area contributed by atoms with Crippen molar-refractivity contribution in [1.82, 2.24) is 4.90 Å². The quantitative estimate of drug-likeness (QED) is 0.538. The summed E-state index contributed by atoms with van der Waals surface area (Å²) in [6, 6.07) is 13.3. The zero-order valence-corrected chi connectivity index (χ0v) is 21.7. The number of nitrogens with one attached hydrogen (secondary N) is 1. The highest BCUT2D eigenvalue weighted by Gasteiger charge is 2.40. The average Bonchev–Trinajstić information content (AvgIpc) is 2.89. The molecule has 0 aromatic heterocycles. The van der Waals surface area contributed by atoms with Crippen molar-refractivity contribution in [2.24, 2.45) is 5.92 Å². The first-order valence-electron chi connectivity index (χ1n) is 13.8. The molecule has 0 radical (unpaired) electrons. The molecular weight excluding hydrogens is 453 g/mol. The van der Waals surface area contributed by atoms with Gasteiger partial charge in [-0.1, -0.05) is 37.5 Å². The van der Waals surface area contributed by atoms with E-state index in [0.29, 0.717) is 11.5 Å². The average molecular weight is 494 g/mol. The van der Waals surface area contributed by atoms with Crippen molar-refractivity contribution in [2.75, 3.05) is 36.4 Å². The van der Waals surface area contributed by atoms with Gasteiger partial charge in [-0.15, -0.1) is 0 Å². The van der Waals surface area contributed by atoms with E-state index in [9.17, 15) is 9.18 Å². The van der Waals surface area contributed by atoms with Crippen LogP contribution in [0.3, 0.4) is 0 Å². The van der Waals surface area contributed by atoms with E-state index in [2.05, 4.69) is 39.4 Å². The number of aryl methyl sites for hydroxylation is 1. The smallest absolute Gasteiger partial charge is 0.155 e. The summed E-state index contributed by atoms with van der Waals surface area (Å²) in [5, 5.41) is 3.76. The number of rotatable bonds is 7. The number of Topliss-reactive ketones (excluding diaryl/α,β-unsaturated/α-hetero) is 1. The lowest BCUT2D eigenvalue weighted by Crippen LogP contribution is -2.60. The Labute approximate surface area is 215 Å². The summed E-state index contributed by atoms with van der Waals surface area (Å²) in [5.41, 5.74) is 3.46. The van der Waals surface area contributed by atoms with Crippen LogP contribution in [-0.4, -0.2) is 55.0 Å². The number of carbonyl (C=O) groups is 1. The van der Waals surface area contributed by atoms with Crippen molar-refractivity contribution in [2.45, 2.75) is 77.0 Å². The number of carbonyl (C=O) groups excluding carboxylic acids is 1. The van der Waals surface area contributed by atoms with Crippen molar-refractivity contribution in [3.63, 3.8) is 0 Å². The fourth-order valence-corrected chi connectivity index (χ4v) is 6.30. The Morgan fingerprint density at radius 3 is 2.50 bits per heavy atom. The monoisotopic (exact) mass is 493 g/mol. The van der Waals surface area contributed by atoms with Gasteiger partial charge in [0.1, 0.15) is 11.6 Å². The summed E-state index contributed by atoms with van der Waals surface area (Å²) in [6.45, 7) is 7.12. The minimum absolute atomic E-state index is 0.0235. The van der Waals surface area contributed by atoms with Gasteiger partial charge in [-0.05, 0) is 63.3 Å². The molecule has 5 nitrogen and oxygen atoms in total. The molecular formula is C30H40FN3O2. The number of hydrogen-bond acceptors (Lipinski definition) is 5. The highest BCUT2D eigenvalue weighted by molar-refractivity contribution is 5.88. The van der Waals surface area contributed by atoms with Crippen LogP contribution in [-0.2, 0) is 11.2 Å². The Balaban J connectivity index is 1.34. The van der Waals surface area contributed by atoms with Crippen LogP contribution in [0, 0.1) is 11.7 Å². The summed E-state index contributed by atoms with van der Waals surface area (Å²) < 4.78 is 19.9. The fourth-order valence-electron chi connectivity index (χ4n) is 6.30. The summed E-state index contributed by atoms with van der Waals surface area (Å²) >= 11 is 0. The van der Waals surface area contributed by atoms with Gasteiger partial charge in [0.05, 0.1) is 17.8 Å². The Morgan fingerprint density at radius 2 is 1.75 bits per heavy atom. The normalized spacial score (nSPS) is 22.1. The zero-order chi connectivity index (χ0) is 25.1. The molecule has 2 atom stereocenters. The van der Waals surface area contributed by atoms with Crippen LogP contribution in [0.2, 0.25) is 0 Å². The van der Waals surface area contributed by atoms with E-state index in [1.54, 1.807) is 0 Å². The zero-order valence-electron chi connectivity index (χ0n) is 21.7. The highest BCUT2D eigenvalue weighted by atomic mass is 19.1. The predicted molar refractivity (Wildman–Crippen MR) is 143 cm³/mol.